The monoisotopic (exact) mass is 481 g/mol. The lowest BCUT2D eigenvalue weighted by atomic mass is 9.90. The third kappa shape index (κ3) is 6.25. The highest BCUT2D eigenvalue weighted by Gasteiger charge is 2.52. The Kier molecular flexibility index (Phi) is 9.70. The molecule has 16 heteroatoms. The van der Waals surface area contributed by atoms with Crippen molar-refractivity contribution in [3.05, 3.63) is 0 Å². The number of carbonyl (C=O) groups is 3. The Morgan fingerprint density at radius 1 is 1.03 bits per heavy atom. The van der Waals surface area contributed by atoms with Gasteiger partial charge < -0.3 is 44.7 Å². The molecule has 2 aliphatic heterocycles. The SMILES string of the molecule is CO[C@@H]1OC(CO)[C@@H](O)C(O[C@@H]2OC(C(=O)NNC(=O)NN)C(C)C(O)C2O)C1NC(C)=O. The van der Waals surface area contributed by atoms with E-state index in [0.717, 1.165) is 0 Å². The second-order valence-corrected chi connectivity index (χ2v) is 7.63. The van der Waals surface area contributed by atoms with Gasteiger partial charge in [0.15, 0.2) is 12.6 Å². The van der Waals surface area contributed by atoms with Gasteiger partial charge in [0.25, 0.3) is 5.91 Å². The number of methoxy groups -OCH3 is 1. The van der Waals surface area contributed by atoms with E-state index in [1.807, 2.05) is 10.9 Å². The van der Waals surface area contributed by atoms with Crippen LogP contribution < -0.4 is 27.4 Å². The van der Waals surface area contributed by atoms with Crippen LogP contribution in [-0.4, -0.2) is 107 Å². The van der Waals surface area contributed by atoms with E-state index in [1.165, 1.54) is 21.0 Å². The Bertz CT molecular complexity index is 700. The molecule has 10 atom stereocenters. The van der Waals surface area contributed by atoms with Crippen molar-refractivity contribution in [3.8, 4) is 0 Å². The van der Waals surface area contributed by atoms with Crippen molar-refractivity contribution in [3.63, 3.8) is 0 Å². The predicted octanol–water partition coefficient (Wildman–Crippen LogP) is -5.11. The lowest BCUT2D eigenvalue weighted by molar-refractivity contribution is -0.332. The van der Waals surface area contributed by atoms with Crippen molar-refractivity contribution in [2.45, 2.75) is 69.1 Å². The maximum Gasteiger partial charge on any atom is 0.347 e. The summed E-state index contributed by atoms with van der Waals surface area (Å²) in [6.07, 6.45) is -11.4. The highest BCUT2D eigenvalue weighted by molar-refractivity contribution is 5.84. The van der Waals surface area contributed by atoms with Gasteiger partial charge in [-0.3, -0.25) is 20.4 Å². The van der Waals surface area contributed by atoms with Gasteiger partial charge in [-0.1, -0.05) is 6.92 Å². The summed E-state index contributed by atoms with van der Waals surface area (Å²) in [5.74, 6) is 2.56. The number of urea groups is 1. The van der Waals surface area contributed by atoms with E-state index < -0.39 is 85.6 Å². The van der Waals surface area contributed by atoms with Crippen LogP contribution >= 0.6 is 0 Å². The van der Waals surface area contributed by atoms with E-state index in [4.69, 9.17) is 24.8 Å². The number of aliphatic hydroxyl groups is 4. The number of hydrazine groups is 2. The first-order chi connectivity index (χ1) is 15.5. The van der Waals surface area contributed by atoms with Crippen molar-refractivity contribution in [1.29, 1.82) is 0 Å². The van der Waals surface area contributed by atoms with Crippen molar-refractivity contribution < 1.29 is 53.8 Å². The van der Waals surface area contributed by atoms with Crippen LogP contribution in [0.4, 0.5) is 4.79 Å². The number of nitrogens with two attached hydrogens (primary N) is 1. The standard InChI is InChI=1S/C17H31N5O11/c1-5-9(25)11(27)16(32-12(5)14(28)21-22-17(29)20-18)33-13-8(19-6(2)24)15(30-3)31-7(4-23)10(13)26/h5,7-13,15-16,23,25-27H,4,18H2,1-3H3,(H,19,24)(H,21,28)(H2,20,22,29)/t5?,7?,8?,9?,10-,11?,12?,13?,15-,16+/m1/s1. The molecule has 0 bridgehead atoms. The highest BCUT2D eigenvalue weighted by Crippen LogP contribution is 2.31. The van der Waals surface area contributed by atoms with Gasteiger partial charge in [-0.05, 0) is 0 Å². The molecule has 0 aliphatic carbocycles. The molecule has 0 aromatic heterocycles. The molecule has 33 heavy (non-hydrogen) atoms. The molecule has 0 saturated carbocycles. The summed E-state index contributed by atoms with van der Waals surface area (Å²) in [5, 5.41) is 43.6. The van der Waals surface area contributed by atoms with Crippen LogP contribution in [0.25, 0.3) is 0 Å². The molecule has 10 N–H and O–H groups in total. The molecular formula is C17H31N5O11. The number of nitrogens with one attached hydrogen (secondary N) is 4. The summed E-state index contributed by atoms with van der Waals surface area (Å²) in [4.78, 5) is 35.3. The minimum atomic E-state index is -1.67. The molecule has 0 aromatic carbocycles. The largest absolute Gasteiger partial charge is 0.394 e. The smallest absolute Gasteiger partial charge is 0.347 e. The summed E-state index contributed by atoms with van der Waals surface area (Å²) in [6, 6.07) is -2.04. The van der Waals surface area contributed by atoms with Gasteiger partial charge in [0, 0.05) is 20.0 Å². The third-order valence-electron chi connectivity index (χ3n) is 5.36. The quantitative estimate of drug-likeness (QED) is 0.0982. The fourth-order valence-corrected chi connectivity index (χ4v) is 3.61. The second kappa shape index (κ2) is 11.8. The zero-order valence-electron chi connectivity index (χ0n) is 18.2. The number of hydrogen-bond donors (Lipinski definition) is 9. The van der Waals surface area contributed by atoms with E-state index >= 15 is 0 Å². The lowest BCUT2D eigenvalue weighted by Crippen LogP contribution is -2.68. The van der Waals surface area contributed by atoms with Crippen LogP contribution in [0.1, 0.15) is 13.8 Å². The molecule has 7 unspecified atom stereocenters. The summed E-state index contributed by atoms with van der Waals surface area (Å²) < 4.78 is 21.9. The average molecular weight is 481 g/mol. The van der Waals surface area contributed by atoms with Gasteiger partial charge in [-0.15, -0.1) is 0 Å². The maximum atomic E-state index is 12.4. The zero-order valence-corrected chi connectivity index (χ0v) is 18.2. The normalized spacial score (nSPS) is 38.8. The number of ether oxygens (including phenoxy) is 4. The Hall–Kier alpha value is -2.15. The fourth-order valence-electron chi connectivity index (χ4n) is 3.61. The van der Waals surface area contributed by atoms with Gasteiger partial charge >= 0.3 is 6.03 Å². The number of hydrogen-bond acceptors (Lipinski definition) is 12. The van der Waals surface area contributed by atoms with E-state index in [1.54, 1.807) is 5.43 Å². The van der Waals surface area contributed by atoms with Crippen LogP contribution in [0.2, 0.25) is 0 Å². The lowest BCUT2D eigenvalue weighted by Gasteiger charge is -2.47. The highest BCUT2D eigenvalue weighted by atomic mass is 16.7. The van der Waals surface area contributed by atoms with Gasteiger partial charge in [-0.25, -0.2) is 16.1 Å². The molecule has 190 valence electrons. The van der Waals surface area contributed by atoms with E-state index in [2.05, 4.69) is 5.32 Å². The van der Waals surface area contributed by atoms with Crippen LogP contribution in [0.3, 0.4) is 0 Å². The van der Waals surface area contributed by atoms with Crippen LogP contribution in [0, 0.1) is 5.92 Å². The predicted molar refractivity (Wildman–Crippen MR) is 105 cm³/mol. The molecule has 2 rings (SSSR count). The second-order valence-electron chi connectivity index (χ2n) is 7.63. The number of carbonyl (C=O) groups excluding carboxylic acids is 3. The van der Waals surface area contributed by atoms with E-state index in [-0.39, 0.29) is 0 Å². The first-order valence-corrected chi connectivity index (χ1v) is 10.0. The first kappa shape index (κ1) is 27.1. The minimum Gasteiger partial charge on any atom is -0.394 e. The van der Waals surface area contributed by atoms with Crippen LogP contribution in [0.5, 0.6) is 0 Å². The van der Waals surface area contributed by atoms with E-state index in [9.17, 15) is 34.8 Å². The molecule has 2 fully saturated rings. The maximum absolute atomic E-state index is 12.4. The molecule has 16 nitrogen and oxygen atoms in total. The Balaban J connectivity index is 2.24. The number of amides is 4. The Labute approximate surface area is 188 Å². The topological polar surface area (TPSA) is 243 Å². The number of aliphatic hydroxyl groups excluding tert-OH is 4. The Morgan fingerprint density at radius 2 is 1.70 bits per heavy atom. The van der Waals surface area contributed by atoms with Gasteiger partial charge in [0.1, 0.15) is 36.6 Å². The average Bonchev–Trinajstić information content (AvgIpc) is 2.79. The van der Waals surface area contributed by atoms with Crippen LogP contribution in [-0.2, 0) is 28.5 Å². The van der Waals surface area contributed by atoms with Crippen molar-refractivity contribution in [1.82, 2.24) is 21.6 Å². The van der Waals surface area contributed by atoms with Crippen LogP contribution in [0.15, 0.2) is 0 Å². The molecule has 2 aliphatic rings. The molecule has 0 spiro atoms. The fraction of sp³-hybridized carbons (Fsp3) is 0.824. The molecule has 4 amide bonds. The summed E-state index contributed by atoms with van der Waals surface area (Å²) in [5.41, 5.74) is 5.71. The zero-order chi connectivity index (χ0) is 24.9. The number of rotatable bonds is 6. The molecule has 0 radical (unpaired) electrons. The Morgan fingerprint density at radius 3 is 2.24 bits per heavy atom. The molecule has 2 heterocycles. The van der Waals surface area contributed by atoms with E-state index in [0.29, 0.717) is 0 Å². The van der Waals surface area contributed by atoms with Crippen molar-refractivity contribution in [2.75, 3.05) is 13.7 Å². The summed E-state index contributed by atoms with van der Waals surface area (Å²) in [6.45, 7) is 2.00. The minimum absolute atomic E-state index is 0.519. The molecule has 0 aromatic rings. The van der Waals surface area contributed by atoms with Crippen molar-refractivity contribution in [2.24, 2.45) is 11.8 Å². The van der Waals surface area contributed by atoms with Gasteiger partial charge in [-0.2, -0.15) is 0 Å². The van der Waals surface area contributed by atoms with Gasteiger partial charge in [0.2, 0.25) is 5.91 Å². The summed E-state index contributed by atoms with van der Waals surface area (Å²) >= 11 is 0. The third-order valence-corrected chi connectivity index (χ3v) is 5.36. The molecular weight excluding hydrogens is 450 g/mol. The van der Waals surface area contributed by atoms with Gasteiger partial charge in [0.05, 0.1) is 12.7 Å². The molecule has 2 saturated heterocycles. The van der Waals surface area contributed by atoms with Crippen molar-refractivity contribution >= 4 is 17.8 Å². The summed E-state index contributed by atoms with van der Waals surface area (Å²) in [7, 11) is 1.27. The first-order valence-electron chi connectivity index (χ1n) is 10.0.